The quantitative estimate of drug-likeness (QED) is 0.123. The molecule has 0 saturated heterocycles. The van der Waals surface area contributed by atoms with Crippen molar-refractivity contribution in [2.24, 2.45) is 0 Å². The van der Waals surface area contributed by atoms with E-state index in [1.165, 1.54) is 0 Å². The summed E-state index contributed by atoms with van der Waals surface area (Å²) in [5.74, 6) is -0.322. The predicted molar refractivity (Wildman–Crippen MR) is 241 cm³/mol. The molecule has 0 spiro atoms. The van der Waals surface area contributed by atoms with Crippen LogP contribution in [0.1, 0.15) is 65.9 Å². The van der Waals surface area contributed by atoms with Gasteiger partial charge in [0.2, 0.25) is 0 Å². The van der Waals surface area contributed by atoms with Crippen LogP contribution in [0.15, 0.2) is 158 Å². The monoisotopic (exact) mass is 759 g/mol. The van der Waals surface area contributed by atoms with Crippen molar-refractivity contribution in [2.45, 2.75) is 53.3 Å². The van der Waals surface area contributed by atoms with Gasteiger partial charge in [-0.15, -0.1) is 0 Å². The Kier molecular flexibility index (Phi) is 9.61. The number of carbonyl (C=O) groups excluding carboxylic acids is 1. The van der Waals surface area contributed by atoms with Crippen molar-refractivity contribution in [1.82, 2.24) is 9.13 Å². The minimum atomic E-state index is -1.25. The summed E-state index contributed by atoms with van der Waals surface area (Å²) in [5, 5.41) is 2.28. The van der Waals surface area contributed by atoms with Crippen molar-refractivity contribution in [3.8, 4) is 22.5 Å². The number of hydrogen-bond acceptors (Lipinski definition) is 3. The molecule has 6 aromatic carbocycles. The second-order valence-corrected chi connectivity index (χ2v) is 15.1. The molecule has 1 aliphatic rings. The number of aryl methyl sites for hydroxylation is 3. The zero-order valence-electron chi connectivity index (χ0n) is 34.0. The smallest absolute Gasteiger partial charge is 0.340 e. The predicted octanol–water partition coefficient (Wildman–Crippen LogP) is 12.7. The Bertz CT molecular complexity index is 2710. The minimum absolute atomic E-state index is 0.322. The lowest BCUT2D eigenvalue weighted by Crippen LogP contribution is -2.28. The molecule has 58 heavy (non-hydrogen) atoms. The van der Waals surface area contributed by atoms with Crippen LogP contribution in [0.5, 0.6) is 0 Å². The Balaban J connectivity index is 1.51. The summed E-state index contributed by atoms with van der Waals surface area (Å²) in [4.78, 5) is 16.7. The highest BCUT2D eigenvalue weighted by Gasteiger charge is 2.47. The first kappa shape index (κ1) is 37.0. The molecule has 0 fully saturated rings. The van der Waals surface area contributed by atoms with E-state index in [2.05, 4.69) is 188 Å². The molecular weight excluding hydrogens is 711 g/mol. The van der Waals surface area contributed by atoms with Crippen LogP contribution in [-0.4, -0.2) is 28.2 Å². The van der Waals surface area contributed by atoms with Gasteiger partial charge in [0.05, 0.1) is 17.0 Å². The molecule has 1 unspecified atom stereocenters. The highest BCUT2D eigenvalue weighted by atomic mass is 16.6. The summed E-state index contributed by atoms with van der Waals surface area (Å²) in [6.07, 6.45) is 2.30. The lowest BCUT2D eigenvalue weighted by Gasteiger charge is -2.31. The molecule has 1 atom stereocenters. The van der Waals surface area contributed by atoms with Crippen molar-refractivity contribution >= 4 is 39.0 Å². The van der Waals surface area contributed by atoms with E-state index < -0.39 is 5.60 Å². The molecule has 0 N–H and O–H groups in total. The molecule has 9 rings (SSSR count). The molecule has 1 aliphatic heterocycles. The lowest BCUT2D eigenvalue weighted by atomic mass is 9.78. The maximum absolute atomic E-state index is 14.3. The van der Waals surface area contributed by atoms with Crippen molar-refractivity contribution in [3.05, 3.63) is 191 Å². The molecule has 0 saturated carbocycles. The summed E-state index contributed by atoms with van der Waals surface area (Å²) >= 11 is 0. The van der Waals surface area contributed by atoms with Gasteiger partial charge in [0.15, 0.2) is 5.60 Å². The van der Waals surface area contributed by atoms with Gasteiger partial charge in [-0.05, 0) is 93.3 Å². The number of rotatable bonds is 11. The fourth-order valence-corrected chi connectivity index (χ4v) is 9.55. The zero-order valence-corrected chi connectivity index (χ0v) is 34.0. The summed E-state index contributed by atoms with van der Waals surface area (Å²) in [6.45, 7) is 14.3. The molecule has 5 nitrogen and oxygen atoms in total. The van der Waals surface area contributed by atoms with E-state index in [9.17, 15) is 4.79 Å². The number of para-hydroxylation sites is 2. The van der Waals surface area contributed by atoms with E-state index in [4.69, 9.17) is 4.74 Å². The van der Waals surface area contributed by atoms with Gasteiger partial charge in [-0.3, -0.25) is 0 Å². The number of ether oxygens (including phenoxy) is 1. The SMILES string of the molecule is CCN(CC)c1ccc(C2(C=C(c3c(-c4ccccc4)n(CC)c4ccccc34)c3c(-c4ccccc4)n(CC)c4ccccc34)OC(=O)c3ccccc32)c(C)c1. The normalized spacial score (nSPS) is 14.8. The maximum atomic E-state index is 14.3. The molecule has 5 heteroatoms. The Hall–Kier alpha value is -6.59. The molecule has 0 bridgehead atoms. The van der Waals surface area contributed by atoms with Gasteiger partial charge in [0.25, 0.3) is 0 Å². The number of carbonyl (C=O) groups is 1. The Morgan fingerprint density at radius 1 is 0.603 bits per heavy atom. The number of hydrogen-bond donors (Lipinski definition) is 0. The van der Waals surface area contributed by atoms with Gasteiger partial charge in [-0.1, -0.05) is 121 Å². The van der Waals surface area contributed by atoms with Crippen LogP contribution in [-0.2, 0) is 23.4 Å². The third kappa shape index (κ3) is 5.79. The summed E-state index contributed by atoms with van der Waals surface area (Å²) in [5.41, 5.74) is 13.4. The topological polar surface area (TPSA) is 39.4 Å². The van der Waals surface area contributed by atoms with Crippen LogP contribution >= 0.6 is 0 Å². The number of anilines is 1. The third-order valence-corrected chi connectivity index (χ3v) is 12.1. The van der Waals surface area contributed by atoms with E-state index in [-0.39, 0.29) is 5.97 Å². The number of nitrogens with zero attached hydrogens (tertiary/aromatic N) is 3. The van der Waals surface area contributed by atoms with Crippen LogP contribution in [0.2, 0.25) is 0 Å². The number of fused-ring (bicyclic) bond motifs is 3. The fraction of sp³-hybridized carbons (Fsp3) is 0.189. The summed E-state index contributed by atoms with van der Waals surface area (Å²) in [7, 11) is 0. The van der Waals surface area contributed by atoms with E-state index in [0.29, 0.717) is 5.56 Å². The first-order valence-corrected chi connectivity index (χ1v) is 20.7. The van der Waals surface area contributed by atoms with Gasteiger partial charge in [0.1, 0.15) is 0 Å². The first-order chi connectivity index (χ1) is 28.4. The fourth-order valence-electron chi connectivity index (χ4n) is 9.55. The first-order valence-electron chi connectivity index (χ1n) is 20.7. The van der Waals surface area contributed by atoms with Gasteiger partial charge >= 0.3 is 5.97 Å². The third-order valence-electron chi connectivity index (χ3n) is 12.1. The number of benzene rings is 6. The van der Waals surface area contributed by atoms with Gasteiger partial charge in [0, 0.05) is 75.9 Å². The Morgan fingerprint density at radius 3 is 1.62 bits per heavy atom. The summed E-state index contributed by atoms with van der Waals surface area (Å²) in [6, 6.07) is 53.6. The molecule has 0 radical (unpaired) electrons. The number of aromatic nitrogens is 2. The van der Waals surface area contributed by atoms with Gasteiger partial charge < -0.3 is 18.8 Å². The van der Waals surface area contributed by atoms with Gasteiger partial charge in [-0.25, -0.2) is 4.79 Å². The molecule has 0 aliphatic carbocycles. The van der Waals surface area contributed by atoms with Crippen LogP contribution < -0.4 is 4.90 Å². The van der Waals surface area contributed by atoms with E-state index in [1.807, 2.05) is 18.2 Å². The van der Waals surface area contributed by atoms with Crippen molar-refractivity contribution < 1.29 is 9.53 Å². The van der Waals surface area contributed by atoms with E-state index >= 15 is 0 Å². The maximum Gasteiger partial charge on any atom is 0.340 e. The van der Waals surface area contributed by atoms with Crippen molar-refractivity contribution in [1.29, 1.82) is 0 Å². The van der Waals surface area contributed by atoms with Crippen LogP contribution in [0, 0.1) is 6.92 Å². The molecule has 0 amide bonds. The van der Waals surface area contributed by atoms with Crippen LogP contribution in [0.25, 0.3) is 49.9 Å². The highest BCUT2D eigenvalue weighted by Crippen LogP contribution is 2.52. The average Bonchev–Trinajstić information content (AvgIpc) is 3.89. The second kappa shape index (κ2) is 15.1. The lowest BCUT2D eigenvalue weighted by molar-refractivity contribution is 0.0275. The largest absolute Gasteiger partial charge is 0.441 e. The second-order valence-electron chi connectivity index (χ2n) is 15.1. The zero-order chi connectivity index (χ0) is 40.0. The van der Waals surface area contributed by atoms with E-state index in [0.717, 1.165) is 110 Å². The highest BCUT2D eigenvalue weighted by molar-refractivity contribution is 6.12. The minimum Gasteiger partial charge on any atom is -0.441 e. The van der Waals surface area contributed by atoms with E-state index in [1.54, 1.807) is 0 Å². The number of esters is 1. The molecular formula is C53H49N3O2. The summed E-state index contributed by atoms with van der Waals surface area (Å²) < 4.78 is 11.8. The molecule has 288 valence electrons. The molecule has 2 aromatic heterocycles. The molecule has 3 heterocycles. The van der Waals surface area contributed by atoms with Crippen molar-refractivity contribution in [3.63, 3.8) is 0 Å². The number of cyclic esters (lactones) is 1. The van der Waals surface area contributed by atoms with Gasteiger partial charge in [-0.2, -0.15) is 0 Å². The van der Waals surface area contributed by atoms with Crippen molar-refractivity contribution in [2.75, 3.05) is 18.0 Å². The Morgan fingerprint density at radius 2 is 1.10 bits per heavy atom. The Labute approximate surface area is 341 Å². The standard InChI is InChI=1S/C53H49N3O2/c1-6-54(7-2)39-32-33-44(36(5)34-39)53(45-29-19-16-26-40(45)52(57)58-53)35-43(48-41-27-17-20-30-46(41)55(8-3)50(48)37-22-12-10-13-23-37)49-42-28-18-21-31-47(42)56(9-4)51(49)38-24-14-11-15-25-38/h10-35H,6-9H2,1-5H3. The van der Waals surface area contributed by atoms with Crippen LogP contribution in [0.4, 0.5) is 5.69 Å². The van der Waals surface area contributed by atoms with Crippen LogP contribution in [0.3, 0.4) is 0 Å². The molecule has 8 aromatic rings. The average molecular weight is 760 g/mol.